The van der Waals surface area contributed by atoms with E-state index >= 15 is 0 Å². The van der Waals surface area contributed by atoms with Crippen molar-refractivity contribution >= 4 is 5.91 Å². The number of likely N-dealkylation sites (N-methyl/N-ethyl adjacent to an activating group) is 1. The van der Waals surface area contributed by atoms with Gasteiger partial charge in [0.05, 0.1) is 112 Å². The van der Waals surface area contributed by atoms with Crippen molar-refractivity contribution in [3.8, 4) is 0 Å². The quantitative estimate of drug-likeness (QED) is 0.142. The summed E-state index contributed by atoms with van der Waals surface area (Å²) in [6, 6.07) is 8.77. The van der Waals surface area contributed by atoms with Gasteiger partial charge in [0.25, 0.3) is 0 Å². The summed E-state index contributed by atoms with van der Waals surface area (Å²) in [7, 11) is 1.90. The topological polar surface area (TPSA) is 106 Å². The fourth-order valence-electron chi connectivity index (χ4n) is 4.43. The van der Waals surface area contributed by atoms with E-state index < -0.39 is 0 Å². The minimum atomic E-state index is 0.175. The van der Waals surface area contributed by atoms with Gasteiger partial charge >= 0.3 is 0 Å². The van der Waals surface area contributed by atoms with Gasteiger partial charge in [0.15, 0.2) is 0 Å². The molecule has 1 aromatic rings. The van der Waals surface area contributed by atoms with E-state index in [1.165, 1.54) is 11.1 Å². The number of piperidine rings is 1. The van der Waals surface area contributed by atoms with Gasteiger partial charge in [-0.1, -0.05) is 29.8 Å². The number of hydrogen-bond acceptors (Lipinski definition) is 10. The lowest BCUT2D eigenvalue weighted by Gasteiger charge is -2.32. The molecular formula is C32H56N2O9. The highest BCUT2D eigenvalue weighted by Gasteiger charge is 2.23. The predicted octanol–water partition coefficient (Wildman–Crippen LogP) is 2.44. The number of nitrogens with zero attached hydrogens (tertiary/aromatic N) is 1. The third-order valence-corrected chi connectivity index (χ3v) is 6.96. The molecule has 1 aliphatic rings. The fraction of sp³-hybridized carbons (Fsp3) is 0.781. The summed E-state index contributed by atoms with van der Waals surface area (Å²) in [5, 5.41) is 3.02. The van der Waals surface area contributed by atoms with Crippen molar-refractivity contribution in [2.45, 2.75) is 32.1 Å². The maximum Gasteiger partial charge on any atom is 0.224 e. The number of carbonyl (C=O) groups is 1. The average molecular weight is 613 g/mol. The first kappa shape index (κ1) is 37.5. The van der Waals surface area contributed by atoms with Crippen molar-refractivity contribution in [2.75, 3.05) is 132 Å². The maximum absolute atomic E-state index is 12.5. The summed E-state index contributed by atoms with van der Waals surface area (Å²) in [4.78, 5) is 14.5. The molecule has 43 heavy (non-hydrogen) atoms. The Bertz CT molecular complexity index is 777. The van der Waals surface area contributed by atoms with Crippen LogP contribution in [-0.2, 0) is 42.7 Å². The van der Waals surface area contributed by atoms with Crippen molar-refractivity contribution in [3.63, 3.8) is 0 Å². The van der Waals surface area contributed by atoms with Crippen molar-refractivity contribution in [2.24, 2.45) is 0 Å². The zero-order valence-electron chi connectivity index (χ0n) is 26.6. The van der Waals surface area contributed by atoms with E-state index in [-0.39, 0.29) is 5.91 Å². The number of aryl methyl sites for hydroxylation is 1. The summed E-state index contributed by atoms with van der Waals surface area (Å²) in [6.45, 7) is 13.0. The number of amides is 1. The first-order chi connectivity index (χ1) is 21.2. The lowest BCUT2D eigenvalue weighted by molar-refractivity contribution is -0.133. The van der Waals surface area contributed by atoms with Crippen LogP contribution in [0.5, 0.6) is 0 Å². The Morgan fingerprint density at radius 2 is 1.00 bits per heavy atom. The molecule has 1 saturated heterocycles. The van der Waals surface area contributed by atoms with E-state index in [2.05, 4.69) is 36.5 Å². The van der Waals surface area contributed by atoms with Crippen LogP contribution in [0.4, 0.5) is 0 Å². The Morgan fingerprint density at radius 1 is 0.628 bits per heavy atom. The van der Waals surface area contributed by atoms with Gasteiger partial charge in [0.2, 0.25) is 5.91 Å². The van der Waals surface area contributed by atoms with Gasteiger partial charge in [0, 0.05) is 19.6 Å². The molecule has 1 aromatic carbocycles. The number of nitrogens with one attached hydrogen (secondary N) is 1. The van der Waals surface area contributed by atoms with E-state index in [0.717, 1.165) is 32.5 Å². The molecule has 1 heterocycles. The molecule has 0 aliphatic carbocycles. The molecule has 2 rings (SSSR count). The highest BCUT2D eigenvalue weighted by molar-refractivity contribution is 5.76. The zero-order valence-corrected chi connectivity index (χ0v) is 26.6. The molecule has 0 unspecified atom stereocenters. The number of rotatable bonds is 28. The lowest BCUT2D eigenvalue weighted by atomic mass is 9.89. The van der Waals surface area contributed by atoms with Crippen LogP contribution in [0.3, 0.4) is 0 Å². The summed E-state index contributed by atoms with van der Waals surface area (Å²) < 4.78 is 43.8. The molecule has 0 aromatic heterocycles. The van der Waals surface area contributed by atoms with Crippen LogP contribution < -0.4 is 5.32 Å². The Labute approximate surface area is 258 Å². The van der Waals surface area contributed by atoms with Gasteiger partial charge in [0.1, 0.15) is 0 Å². The summed E-state index contributed by atoms with van der Waals surface area (Å²) in [5.74, 6) is 0.724. The van der Waals surface area contributed by atoms with Gasteiger partial charge in [-0.15, -0.1) is 0 Å². The fourth-order valence-corrected chi connectivity index (χ4v) is 4.43. The van der Waals surface area contributed by atoms with Crippen molar-refractivity contribution in [3.05, 3.63) is 35.4 Å². The van der Waals surface area contributed by atoms with Gasteiger partial charge in [-0.25, -0.2) is 0 Å². The second kappa shape index (κ2) is 26.7. The highest BCUT2D eigenvalue weighted by Crippen LogP contribution is 2.28. The number of likely N-dealkylation sites (tertiary alicyclic amines) is 1. The van der Waals surface area contributed by atoms with Crippen LogP contribution in [0.1, 0.15) is 36.3 Å². The monoisotopic (exact) mass is 612 g/mol. The Hall–Kier alpha value is -1.67. The Kier molecular flexibility index (Phi) is 23.3. The van der Waals surface area contributed by atoms with Gasteiger partial charge < -0.3 is 48.1 Å². The number of hydrogen-bond donors (Lipinski definition) is 1. The van der Waals surface area contributed by atoms with Crippen molar-refractivity contribution < 1.29 is 42.7 Å². The normalized spacial score (nSPS) is 14.0. The first-order valence-corrected chi connectivity index (χ1v) is 15.8. The molecule has 0 saturated carbocycles. The number of ether oxygens (including phenoxy) is 8. The van der Waals surface area contributed by atoms with Gasteiger partial charge in [-0.05, 0) is 38.3 Å². The molecule has 1 amide bonds. The molecule has 1 fully saturated rings. The van der Waals surface area contributed by atoms with Crippen LogP contribution in [0.15, 0.2) is 24.3 Å². The van der Waals surface area contributed by atoms with Gasteiger partial charge in [-0.2, -0.15) is 0 Å². The number of carbonyl (C=O) groups excluding carboxylic acids is 1. The average Bonchev–Trinajstić information content (AvgIpc) is 3.03. The minimum absolute atomic E-state index is 0.175. The van der Waals surface area contributed by atoms with Gasteiger partial charge in [-0.3, -0.25) is 4.79 Å². The van der Waals surface area contributed by atoms with E-state index in [1.807, 2.05) is 11.9 Å². The molecule has 11 heteroatoms. The zero-order chi connectivity index (χ0) is 30.6. The van der Waals surface area contributed by atoms with Crippen LogP contribution in [-0.4, -0.2) is 143 Å². The second-order valence-electron chi connectivity index (χ2n) is 10.3. The smallest absolute Gasteiger partial charge is 0.224 e. The lowest BCUT2D eigenvalue weighted by Crippen LogP contribution is -2.38. The van der Waals surface area contributed by atoms with E-state index in [9.17, 15) is 4.79 Å². The number of benzene rings is 1. The van der Waals surface area contributed by atoms with Crippen LogP contribution in [0.25, 0.3) is 0 Å². The molecule has 0 atom stereocenters. The second-order valence-corrected chi connectivity index (χ2v) is 10.3. The minimum Gasteiger partial charge on any atom is -0.379 e. The summed E-state index contributed by atoms with van der Waals surface area (Å²) >= 11 is 0. The molecule has 1 N–H and O–H groups in total. The molecule has 248 valence electrons. The third kappa shape index (κ3) is 20.1. The third-order valence-electron chi connectivity index (χ3n) is 6.96. The molecular weight excluding hydrogens is 556 g/mol. The van der Waals surface area contributed by atoms with E-state index in [1.54, 1.807) is 0 Å². The van der Waals surface area contributed by atoms with E-state index in [0.29, 0.717) is 118 Å². The maximum atomic E-state index is 12.5. The van der Waals surface area contributed by atoms with Crippen molar-refractivity contribution in [1.29, 1.82) is 0 Å². The highest BCUT2D eigenvalue weighted by atomic mass is 16.6. The largest absolute Gasteiger partial charge is 0.379 e. The molecule has 0 bridgehead atoms. The van der Waals surface area contributed by atoms with Crippen molar-refractivity contribution in [1.82, 2.24) is 10.2 Å². The molecule has 0 radical (unpaired) electrons. The SMILES string of the molecule is CNCCOCCOCCOCCOCCOCCOCCOCCOCCC(=O)N1CCC(c2ccc(C)cc2)CC1. The van der Waals surface area contributed by atoms with E-state index in [4.69, 9.17) is 37.9 Å². The summed E-state index contributed by atoms with van der Waals surface area (Å²) in [6.07, 6.45) is 2.46. The standard InChI is InChI=1S/C32H56N2O9/c1-29-3-5-30(6-4-29)31-7-11-34(12-8-31)32(35)9-13-36-15-17-38-19-21-40-23-25-42-27-28-43-26-24-41-22-20-39-18-16-37-14-10-33-2/h3-6,31,33H,7-28H2,1-2H3. The van der Waals surface area contributed by atoms with Crippen LogP contribution >= 0.6 is 0 Å². The van der Waals surface area contributed by atoms with Crippen LogP contribution in [0, 0.1) is 6.92 Å². The first-order valence-electron chi connectivity index (χ1n) is 15.8. The predicted molar refractivity (Wildman–Crippen MR) is 165 cm³/mol. The summed E-state index contributed by atoms with van der Waals surface area (Å²) in [5.41, 5.74) is 2.67. The Morgan fingerprint density at radius 3 is 1.40 bits per heavy atom. The molecule has 11 nitrogen and oxygen atoms in total. The molecule has 0 spiro atoms. The Balaban J connectivity index is 1.24. The molecule has 1 aliphatic heterocycles. The van der Waals surface area contributed by atoms with Crippen LogP contribution in [0.2, 0.25) is 0 Å².